The van der Waals surface area contributed by atoms with Crippen LogP contribution in [0.25, 0.3) is 22.3 Å². The third kappa shape index (κ3) is 22.6. The van der Waals surface area contributed by atoms with Crippen LogP contribution >= 0.6 is 0 Å². The van der Waals surface area contributed by atoms with Gasteiger partial charge in [-0.15, -0.1) is 0 Å². The summed E-state index contributed by atoms with van der Waals surface area (Å²) in [7, 11) is 0. The number of rotatable bonds is 44. The molecule has 0 fully saturated rings. The van der Waals surface area contributed by atoms with Crippen molar-refractivity contribution in [3.8, 4) is 0 Å². The Hall–Kier alpha value is -3.40. The molecule has 0 unspecified atom stereocenters. The fraction of sp³-hybridized carbons (Fsp3) is 0.706. The molecule has 0 saturated heterocycles. The summed E-state index contributed by atoms with van der Waals surface area (Å²) in [6, 6.07) is 19.3. The van der Waals surface area contributed by atoms with Crippen molar-refractivity contribution in [2.45, 2.75) is 310 Å². The Morgan fingerprint density at radius 2 is 0.361 bits per heavy atom. The van der Waals surface area contributed by atoms with E-state index in [0.717, 1.165) is 25.7 Å². The van der Waals surface area contributed by atoms with Gasteiger partial charge >= 0.3 is 0 Å². The molecule has 0 saturated carbocycles. The minimum atomic E-state index is 1.09. The summed E-state index contributed by atoms with van der Waals surface area (Å²) < 4.78 is 0. The molecule has 4 N–H and O–H groups in total. The molecular weight excluding hydrogens is 873 g/mol. The number of hydrogen-bond acceptors (Lipinski definition) is 0. The summed E-state index contributed by atoms with van der Waals surface area (Å²) in [5.74, 6) is 0. The number of H-pyrrole nitrogens is 4. The second kappa shape index (κ2) is 38.2. The fourth-order valence-electron chi connectivity index (χ4n) is 11.8. The van der Waals surface area contributed by atoms with Crippen molar-refractivity contribution in [1.82, 2.24) is 19.9 Å². The Balaban J connectivity index is 1.44. The van der Waals surface area contributed by atoms with Gasteiger partial charge in [-0.1, -0.05) is 259 Å². The van der Waals surface area contributed by atoms with Crippen molar-refractivity contribution in [2.75, 3.05) is 0 Å². The van der Waals surface area contributed by atoms with Gasteiger partial charge < -0.3 is 19.9 Å². The lowest BCUT2D eigenvalue weighted by molar-refractivity contribution is 0.558. The molecule has 4 aromatic rings. The molecule has 8 bridgehead atoms. The lowest BCUT2D eigenvalue weighted by Crippen LogP contribution is -2.18. The van der Waals surface area contributed by atoms with Gasteiger partial charge in [0, 0.05) is 44.2 Å². The third-order valence-electron chi connectivity index (χ3n) is 16.5. The summed E-state index contributed by atoms with van der Waals surface area (Å²) >= 11 is 0. The predicted molar refractivity (Wildman–Crippen MR) is 318 cm³/mol. The van der Waals surface area contributed by atoms with Crippen molar-refractivity contribution in [2.24, 2.45) is 0 Å². The Bertz CT molecular complexity index is 1900. The molecule has 0 amide bonds. The van der Waals surface area contributed by atoms with Crippen LogP contribution in [0.5, 0.6) is 0 Å². The third-order valence-corrected chi connectivity index (χ3v) is 16.5. The molecule has 5 heterocycles. The normalized spacial score (nSPS) is 12.8. The lowest BCUT2D eigenvalue weighted by Gasteiger charge is -2.10. The molecule has 1 aliphatic heterocycles. The first-order valence-corrected chi connectivity index (χ1v) is 31.9. The van der Waals surface area contributed by atoms with Crippen molar-refractivity contribution in [3.63, 3.8) is 0 Å². The van der Waals surface area contributed by atoms with E-state index in [2.05, 4.69) is 96.2 Å². The van der Waals surface area contributed by atoms with Crippen LogP contribution < -0.4 is 21.4 Å². The first-order chi connectivity index (χ1) is 35.7. The van der Waals surface area contributed by atoms with E-state index in [4.69, 9.17) is 0 Å². The molecule has 72 heavy (non-hydrogen) atoms. The van der Waals surface area contributed by atoms with Crippen LogP contribution in [0.15, 0.2) is 48.5 Å². The summed E-state index contributed by atoms with van der Waals surface area (Å²) in [5, 5.41) is 5.17. The Morgan fingerprint density at radius 1 is 0.194 bits per heavy atom. The Labute approximate surface area is 443 Å². The van der Waals surface area contributed by atoms with Crippen LogP contribution in [0.3, 0.4) is 0 Å². The highest BCUT2D eigenvalue weighted by atomic mass is 14.8. The second-order valence-electron chi connectivity index (χ2n) is 22.8. The summed E-state index contributed by atoms with van der Waals surface area (Å²) in [4.78, 5) is 16.4. The first kappa shape index (κ1) is 59.5. The Kier molecular flexibility index (Phi) is 31.6. The van der Waals surface area contributed by atoms with E-state index in [1.165, 1.54) is 323 Å². The molecule has 404 valence electrons. The van der Waals surface area contributed by atoms with Gasteiger partial charge in [-0.2, -0.15) is 0 Å². The molecular formula is C68H112N4. The van der Waals surface area contributed by atoms with Gasteiger partial charge in [0.25, 0.3) is 0 Å². The molecule has 4 nitrogen and oxygen atoms in total. The minimum absolute atomic E-state index is 1.09. The largest absolute Gasteiger partial charge is 0.355 e. The van der Waals surface area contributed by atoms with E-state index >= 15 is 0 Å². The fourth-order valence-corrected chi connectivity index (χ4v) is 11.8. The SMILES string of the molecule is CCCCCCCCCCCCC1=c2ccc([nH]2)=C(CCCCCCCCCCCC)c2ccc([nH]2)C(CCCCCCCCCCCC)=c2ccc([nH]2)=C(CCCCCCCCCCCC)c2ccc1[nH]2. The summed E-state index contributed by atoms with van der Waals surface area (Å²) in [6.45, 7) is 9.28. The second-order valence-corrected chi connectivity index (χ2v) is 22.8. The van der Waals surface area contributed by atoms with Crippen LogP contribution in [-0.2, 0) is 0 Å². The van der Waals surface area contributed by atoms with Gasteiger partial charge in [-0.25, -0.2) is 0 Å². The lowest BCUT2D eigenvalue weighted by atomic mass is 10.0. The highest BCUT2D eigenvalue weighted by Gasteiger charge is 2.16. The number of aromatic amines is 4. The monoisotopic (exact) mass is 985 g/mol. The van der Waals surface area contributed by atoms with Gasteiger partial charge in [0.15, 0.2) is 0 Å². The Morgan fingerprint density at radius 3 is 0.542 bits per heavy atom. The maximum Gasteiger partial charge on any atom is 0.0438 e. The average molecular weight is 986 g/mol. The first-order valence-electron chi connectivity index (χ1n) is 31.9. The molecule has 0 atom stereocenters. The quantitative estimate of drug-likeness (QED) is 0.0319. The van der Waals surface area contributed by atoms with Gasteiger partial charge in [0.1, 0.15) is 0 Å². The zero-order valence-corrected chi connectivity index (χ0v) is 47.7. The van der Waals surface area contributed by atoms with Gasteiger partial charge in [0.2, 0.25) is 0 Å². The molecule has 5 rings (SSSR count). The highest BCUT2D eigenvalue weighted by molar-refractivity contribution is 5.71. The maximum absolute atomic E-state index is 4.10. The topological polar surface area (TPSA) is 63.2 Å². The van der Waals surface area contributed by atoms with Crippen molar-refractivity contribution in [1.29, 1.82) is 0 Å². The van der Waals surface area contributed by atoms with Crippen LogP contribution in [0.2, 0.25) is 0 Å². The summed E-state index contributed by atoms with van der Waals surface area (Å²) in [6.07, 6.45) is 58.9. The van der Waals surface area contributed by atoms with Crippen molar-refractivity contribution >= 4 is 22.3 Å². The van der Waals surface area contributed by atoms with E-state index in [1.54, 1.807) is 0 Å². The molecule has 4 aromatic heterocycles. The number of nitrogens with one attached hydrogen (secondary N) is 4. The van der Waals surface area contributed by atoms with E-state index in [0.29, 0.717) is 0 Å². The average Bonchev–Trinajstić information content (AvgIpc) is 4.26. The molecule has 0 aliphatic carbocycles. The minimum Gasteiger partial charge on any atom is -0.355 e. The molecule has 4 heteroatoms. The maximum atomic E-state index is 4.10. The smallest absolute Gasteiger partial charge is 0.0438 e. The van der Waals surface area contributed by atoms with Crippen LogP contribution in [0.4, 0.5) is 0 Å². The van der Waals surface area contributed by atoms with E-state index < -0.39 is 0 Å². The zero-order valence-electron chi connectivity index (χ0n) is 47.7. The highest BCUT2D eigenvalue weighted by Crippen LogP contribution is 2.27. The van der Waals surface area contributed by atoms with Gasteiger partial charge in [0.05, 0.1) is 0 Å². The summed E-state index contributed by atoms with van der Waals surface area (Å²) in [5.41, 5.74) is 11.0. The standard InChI is InChI=1S/C68H112N4/c1-5-9-13-17-21-25-29-33-37-41-45-57-61-49-51-63(69-61)58(46-42-38-34-30-26-22-18-14-10-6-2)65-53-55-67(71-65)60(48-44-40-36-32-28-24-20-16-12-8-4)68-56-54-66(72-68)59(64-52-50-62(57)70-64)47-43-39-35-31-27-23-19-15-11-7-3/h49-56,69-72H,5-48H2,1-4H3. The van der Waals surface area contributed by atoms with E-state index in [-0.39, 0.29) is 0 Å². The van der Waals surface area contributed by atoms with Crippen molar-refractivity contribution in [3.05, 3.63) is 92.7 Å². The van der Waals surface area contributed by atoms with Crippen LogP contribution in [0, 0.1) is 0 Å². The molecule has 0 spiro atoms. The number of aromatic nitrogens is 4. The van der Waals surface area contributed by atoms with Crippen molar-refractivity contribution < 1.29 is 0 Å². The van der Waals surface area contributed by atoms with E-state index in [1.807, 2.05) is 0 Å². The van der Waals surface area contributed by atoms with Gasteiger partial charge in [-0.05, 0) is 122 Å². The van der Waals surface area contributed by atoms with Gasteiger partial charge in [-0.3, -0.25) is 0 Å². The van der Waals surface area contributed by atoms with Crippen LogP contribution in [0.1, 0.15) is 333 Å². The number of fused-ring (bicyclic) bond motifs is 8. The van der Waals surface area contributed by atoms with Crippen LogP contribution in [-0.4, -0.2) is 19.9 Å². The number of unbranched alkanes of at least 4 members (excludes halogenated alkanes) is 36. The molecule has 1 aliphatic rings. The number of hydrogen-bond donors (Lipinski definition) is 4. The molecule has 0 radical (unpaired) electrons. The predicted octanol–water partition coefficient (Wildman–Crippen LogP) is 19.4. The van der Waals surface area contributed by atoms with E-state index in [9.17, 15) is 0 Å². The zero-order chi connectivity index (χ0) is 50.5. The molecule has 0 aromatic carbocycles.